The molecule has 8 nitrogen and oxygen atoms in total. The summed E-state index contributed by atoms with van der Waals surface area (Å²) in [6, 6.07) is 17.5. The number of hydrogen-bond donors (Lipinski definition) is 2. The van der Waals surface area contributed by atoms with E-state index in [0.29, 0.717) is 41.9 Å². The third-order valence-electron chi connectivity index (χ3n) is 10.2. The molecule has 1 aromatic heterocycles. The first-order chi connectivity index (χ1) is 26.4. The average Bonchev–Trinajstić information content (AvgIpc) is 3.45. The van der Waals surface area contributed by atoms with Gasteiger partial charge in [-0.25, -0.2) is 4.98 Å². The van der Waals surface area contributed by atoms with Crippen LogP contribution in [0.25, 0.3) is 5.70 Å². The summed E-state index contributed by atoms with van der Waals surface area (Å²) in [5.74, 6) is 7.58. The standard InChI is InChI=1S/C46H51ClN6O2/c1-30(2)53-35(7)45(46(51-27-44(53)48)37-17-19-38(47)20-18-37)33(5)31(3)15-21-39-22-24-41(26-50-39)55-25-10-9-12-36-13-11-14-42-34(6)52(28-43(36)42)40(29-54)23-16-32(4)49-8/h11,13-14,17-20,22,24,26,29,40,48-49H,1,4,6,9-10,12,16,23,25,27-28H2,2-3,5,7-8H3/b33-31+,48-44?. The van der Waals surface area contributed by atoms with E-state index in [9.17, 15) is 4.79 Å². The number of carbonyl (C=O) groups excluding carboxylic acids is 1. The molecule has 5 rings (SSSR count). The van der Waals surface area contributed by atoms with Crippen molar-refractivity contribution in [1.82, 2.24) is 20.1 Å². The van der Waals surface area contributed by atoms with E-state index in [2.05, 4.69) is 65.0 Å². The molecule has 0 aliphatic carbocycles. The Hall–Kier alpha value is -5.65. The zero-order chi connectivity index (χ0) is 39.6. The predicted molar refractivity (Wildman–Crippen MR) is 226 cm³/mol. The van der Waals surface area contributed by atoms with E-state index in [1.54, 1.807) is 6.20 Å². The lowest BCUT2D eigenvalue weighted by Crippen LogP contribution is -2.31. The first-order valence-corrected chi connectivity index (χ1v) is 19.0. The molecule has 1 atom stereocenters. The lowest BCUT2D eigenvalue weighted by molar-refractivity contribution is -0.111. The van der Waals surface area contributed by atoms with Crippen LogP contribution in [0.1, 0.15) is 81.3 Å². The zero-order valence-electron chi connectivity index (χ0n) is 32.7. The number of aldehydes is 1. The lowest BCUT2D eigenvalue weighted by atomic mass is 9.92. The molecule has 1 unspecified atom stereocenters. The van der Waals surface area contributed by atoms with Gasteiger partial charge in [0, 0.05) is 63.7 Å². The van der Waals surface area contributed by atoms with Crippen LogP contribution in [-0.4, -0.2) is 58.9 Å². The fourth-order valence-electron chi connectivity index (χ4n) is 6.99. The summed E-state index contributed by atoms with van der Waals surface area (Å²) in [5, 5.41) is 12.4. The van der Waals surface area contributed by atoms with E-state index in [1.807, 2.05) is 76.0 Å². The molecule has 2 aliphatic heterocycles. The minimum absolute atomic E-state index is 0.227. The molecule has 3 aromatic rings. The number of benzene rings is 2. The molecule has 0 fully saturated rings. The number of nitrogens with one attached hydrogen (secondary N) is 2. The van der Waals surface area contributed by atoms with Crippen molar-refractivity contribution in [1.29, 1.82) is 5.41 Å². The normalized spacial score (nSPS) is 15.0. The summed E-state index contributed by atoms with van der Waals surface area (Å²) < 4.78 is 6.04. The maximum Gasteiger partial charge on any atom is 0.142 e. The van der Waals surface area contributed by atoms with Crippen molar-refractivity contribution < 1.29 is 9.53 Å². The molecule has 2 aliphatic rings. The van der Waals surface area contributed by atoms with Gasteiger partial charge in [0.25, 0.3) is 0 Å². The number of carbonyl (C=O) groups is 1. The van der Waals surface area contributed by atoms with E-state index < -0.39 is 0 Å². The minimum atomic E-state index is -0.232. The monoisotopic (exact) mass is 754 g/mol. The maximum atomic E-state index is 12.0. The molecule has 0 radical (unpaired) electrons. The van der Waals surface area contributed by atoms with Gasteiger partial charge in [0.05, 0.1) is 31.1 Å². The fourth-order valence-corrected chi connectivity index (χ4v) is 7.12. The SMILES string of the molecule is C=C(CCC(C=O)N1Cc2c(CCCCOc3ccc(C#C/C(C)=C(\C)C4=C(C)N(C(=C)C)C(=N)CN=C4c4ccc(Cl)cc4)nc3)cccc2C1=C)NC. The van der Waals surface area contributed by atoms with Gasteiger partial charge in [0.15, 0.2) is 0 Å². The van der Waals surface area contributed by atoms with Gasteiger partial charge in [-0.2, -0.15) is 0 Å². The van der Waals surface area contributed by atoms with Gasteiger partial charge < -0.3 is 24.6 Å². The van der Waals surface area contributed by atoms with Gasteiger partial charge in [-0.05, 0) is 107 Å². The number of fused-ring (bicyclic) bond motifs is 1. The number of unbranched alkanes of at least 4 members (excludes halogenated alkanes) is 1. The largest absolute Gasteiger partial charge is 0.492 e. The van der Waals surface area contributed by atoms with Gasteiger partial charge in [-0.1, -0.05) is 67.6 Å². The van der Waals surface area contributed by atoms with Crippen LogP contribution in [0.2, 0.25) is 5.02 Å². The number of amidine groups is 1. The molecule has 0 bridgehead atoms. The topological polar surface area (TPSA) is 93.9 Å². The Morgan fingerprint density at radius 3 is 2.55 bits per heavy atom. The first kappa shape index (κ1) is 40.5. The van der Waals surface area contributed by atoms with Crippen molar-refractivity contribution in [3.05, 3.63) is 147 Å². The number of hydrogen-bond acceptors (Lipinski definition) is 7. The Kier molecular flexibility index (Phi) is 13.7. The lowest BCUT2D eigenvalue weighted by Gasteiger charge is -2.26. The second-order valence-corrected chi connectivity index (χ2v) is 14.4. The molecule has 0 amide bonds. The van der Waals surface area contributed by atoms with E-state index in [4.69, 9.17) is 26.7 Å². The highest BCUT2D eigenvalue weighted by atomic mass is 35.5. The molecule has 0 spiro atoms. The minimum Gasteiger partial charge on any atom is -0.492 e. The molecular weight excluding hydrogens is 704 g/mol. The van der Waals surface area contributed by atoms with E-state index in [0.717, 1.165) is 88.3 Å². The summed E-state index contributed by atoms with van der Waals surface area (Å²) in [4.78, 5) is 25.4. The van der Waals surface area contributed by atoms with Gasteiger partial charge >= 0.3 is 0 Å². The Balaban J connectivity index is 1.19. The van der Waals surface area contributed by atoms with Crippen molar-refractivity contribution in [2.24, 2.45) is 4.99 Å². The number of aromatic nitrogens is 1. The quantitative estimate of drug-likeness (QED) is 0.0913. The molecule has 3 heterocycles. The molecule has 2 N–H and O–H groups in total. The third-order valence-corrected chi connectivity index (χ3v) is 10.4. The number of halogens is 1. The molecule has 9 heteroatoms. The van der Waals surface area contributed by atoms with Crippen molar-refractivity contribution >= 4 is 35.1 Å². The Morgan fingerprint density at radius 1 is 1.11 bits per heavy atom. The Morgan fingerprint density at radius 2 is 1.87 bits per heavy atom. The summed E-state index contributed by atoms with van der Waals surface area (Å²) in [7, 11) is 1.85. The molecule has 0 saturated heterocycles. The predicted octanol–water partition coefficient (Wildman–Crippen LogP) is 9.28. The Labute approximate surface area is 331 Å². The highest BCUT2D eigenvalue weighted by Gasteiger charge is 2.30. The highest BCUT2D eigenvalue weighted by Crippen LogP contribution is 2.36. The van der Waals surface area contributed by atoms with Crippen LogP contribution in [0.4, 0.5) is 0 Å². The van der Waals surface area contributed by atoms with Crippen molar-refractivity contribution in [3.8, 4) is 17.6 Å². The zero-order valence-corrected chi connectivity index (χ0v) is 33.4. The molecule has 284 valence electrons. The number of nitrogens with zero attached hydrogens (tertiary/aromatic N) is 4. The van der Waals surface area contributed by atoms with E-state index in [-0.39, 0.29) is 12.6 Å². The highest BCUT2D eigenvalue weighted by molar-refractivity contribution is 6.30. The number of rotatable bonds is 15. The first-order valence-electron chi connectivity index (χ1n) is 18.6. The van der Waals surface area contributed by atoms with Crippen molar-refractivity contribution in [2.45, 2.75) is 72.4 Å². The third kappa shape index (κ3) is 9.72. The number of pyridine rings is 1. The molecule has 2 aromatic carbocycles. The second kappa shape index (κ2) is 18.6. The summed E-state index contributed by atoms with van der Waals surface area (Å²) >= 11 is 6.21. The van der Waals surface area contributed by atoms with Crippen LogP contribution < -0.4 is 10.1 Å². The summed E-state index contributed by atoms with van der Waals surface area (Å²) in [5.41, 5.74) is 12.2. The molecular formula is C46H51ClN6O2. The van der Waals surface area contributed by atoms with Crippen LogP contribution >= 0.6 is 11.6 Å². The van der Waals surface area contributed by atoms with Gasteiger partial charge in [0.1, 0.15) is 23.6 Å². The van der Waals surface area contributed by atoms with Crippen LogP contribution in [0.15, 0.2) is 119 Å². The van der Waals surface area contributed by atoms with E-state index >= 15 is 0 Å². The van der Waals surface area contributed by atoms with Crippen molar-refractivity contribution in [3.63, 3.8) is 0 Å². The average molecular weight is 755 g/mol. The van der Waals surface area contributed by atoms with Crippen LogP contribution in [0.5, 0.6) is 5.75 Å². The second-order valence-electron chi connectivity index (χ2n) is 13.9. The van der Waals surface area contributed by atoms with Gasteiger partial charge in [-0.3, -0.25) is 10.4 Å². The molecule has 0 saturated carbocycles. The maximum absolute atomic E-state index is 12.0. The number of allylic oxidation sites excluding steroid dienone is 6. The van der Waals surface area contributed by atoms with Crippen LogP contribution in [0, 0.1) is 17.3 Å². The number of aliphatic imine (C=N–C) groups is 1. The fraction of sp³-hybridized carbons (Fsp3) is 0.304. The van der Waals surface area contributed by atoms with Crippen LogP contribution in [0.3, 0.4) is 0 Å². The van der Waals surface area contributed by atoms with Crippen molar-refractivity contribution in [2.75, 3.05) is 20.2 Å². The molecule has 55 heavy (non-hydrogen) atoms. The smallest absolute Gasteiger partial charge is 0.142 e. The number of aryl methyl sites for hydroxylation is 1. The summed E-state index contributed by atoms with van der Waals surface area (Å²) in [6.07, 6.45) is 6.96. The summed E-state index contributed by atoms with van der Waals surface area (Å²) in [6.45, 7) is 21.9. The van der Waals surface area contributed by atoms with Gasteiger partial charge in [0.2, 0.25) is 0 Å². The number of ether oxygens (including phenoxy) is 1. The van der Waals surface area contributed by atoms with Gasteiger partial charge in [-0.15, -0.1) is 0 Å². The van der Waals surface area contributed by atoms with E-state index in [1.165, 1.54) is 11.1 Å². The van der Waals surface area contributed by atoms with Crippen LogP contribution in [-0.2, 0) is 17.8 Å². The Bertz CT molecular complexity index is 2130.